The molecule has 2 amide bonds. The van der Waals surface area contributed by atoms with Crippen LogP contribution in [0.2, 0.25) is 0 Å². The number of hydrogen-bond acceptors (Lipinski definition) is 4. The van der Waals surface area contributed by atoms with Crippen LogP contribution in [0, 0.1) is 18.7 Å². The van der Waals surface area contributed by atoms with Crippen molar-refractivity contribution in [2.75, 3.05) is 23.7 Å². The van der Waals surface area contributed by atoms with Crippen molar-refractivity contribution < 1.29 is 22.4 Å². The lowest BCUT2D eigenvalue weighted by atomic mass is 10.1. The van der Waals surface area contributed by atoms with E-state index in [2.05, 4.69) is 5.32 Å². The van der Waals surface area contributed by atoms with Gasteiger partial charge in [-0.3, -0.25) is 13.9 Å². The summed E-state index contributed by atoms with van der Waals surface area (Å²) in [6, 6.07) is 12.3. The molecule has 198 valence electrons. The van der Waals surface area contributed by atoms with Crippen LogP contribution in [0.1, 0.15) is 51.2 Å². The molecule has 1 atom stereocenters. The Hall–Kier alpha value is -2.94. The zero-order valence-electron chi connectivity index (χ0n) is 21.8. The van der Waals surface area contributed by atoms with Gasteiger partial charge in [0.15, 0.2) is 0 Å². The first kappa shape index (κ1) is 29.3. The molecule has 36 heavy (non-hydrogen) atoms. The van der Waals surface area contributed by atoms with Gasteiger partial charge in [-0.15, -0.1) is 0 Å². The number of hydrogen-bond donors (Lipinski definition) is 1. The maximum Gasteiger partial charge on any atom is 0.242 e. The first-order valence-corrected chi connectivity index (χ1v) is 14.1. The van der Waals surface area contributed by atoms with Gasteiger partial charge in [0.25, 0.3) is 0 Å². The molecule has 2 rings (SSSR count). The first-order valence-electron chi connectivity index (χ1n) is 12.3. The highest BCUT2D eigenvalue weighted by Crippen LogP contribution is 2.20. The number of benzene rings is 2. The third kappa shape index (κ3) is 8.93. The average molecular weight is 520 g/mol. The fourth-order valence-electron chi connectivity index (χ4n) is 3.84. The fraction of sp³-hybridized carbons (Fsp3) is 0.481. The van der Waals surface area contributed by atoms with Crippen LogP contribution >= 0.6 is 0 Å². The molecule has 1 unspecified atom stereocenters. The minimum Gasteiger partial charge on any atom is -0.354 e. The van der Waals surface area contributed by atoms with Crippen molar-refractivity contribution in [1.82, 2.24) is 10.2 Å². The van der Waals surface area contributed by atoms with E-state index in [4.69, 9.17) is 0 Å². The van der Waals surface area contributed by atoms with E-state index in [0.717, 1.165) is 11.8 Å². The van der Waals surface area contributed by atoms with Gasteiger partial charge in [-0.2, -0.15) is 0 Å². The van der Waals surface area contributed by atoms with Gasteiger partial charge in [0, 0.05) is 26.1 Å². The summed E-state index contributed by atoms with van der Waals surface area (Å²) in [7, 11) is -3.54. The minimum absolute atomic E-state index is 0.0625. The normalized spacial score (nSPS) is 12.3. The Morgan fingerprint density at radius 1 is 1.03 bits per heavy atom. The predicted octanol–water partition coefficient (Wildman–Crippen LogP) is 4.26. The van der Waals surface area contributed by atoms with Crippen LogP contribution in [0.4, 0.5) is 10.1 Å². The van der Waals surface area contributed by atoms with Gasteiger partial charge >= 0.3 is 0 Å². The fourth-order valence-corrected chi connectivity index (χ4v) is 4.81. The Morgan fingerprint density at radius 3 is 2.17 bits per heavy atom. The smallest absolute Gasteiger partial charge is 0.242 e. The number of halogens is 1. The Morgan fingerprint density at radius 2 is 1.64 bits per heavy atom. The van der Waals surface area contributed by atoms with Gasteiger partial charge in [0.05, 0.1) is 11.9 Å². The van der Waals surface area contributed by atoms with Crippen LogP contribution in [-0.2, 0) is 26.2 Å². The molecule has 0 aliphatic carbocycles. The Bertz CT molecular complexity index is 1100. The van der Waals surface area contributed by atoms with Crippen LogP contribution in [0.3, 0.4) is 0 Å². The number of sulfonamides is 1. The Labute approximate surface area is 214 Å². The topological polar surface area (TPSA) is 86.8 Å². The van der Waals surface area contributed by atoms with Crippen molar-refractivity contribution in [2.24, 2.45) is 5.92 Å². The van der Waals surface area contributed by atoms with Crippen molar-refractivity contribution in [3.63, 3.8) is 0 Å². The lowest BCUT2D eigenvalue weighted by Gasteiger charge is -2.31. The van der Waals surface area contributed by atoms with E-state index in [1.54, 1.807) is 24.3 Å². The molecule has 0 saturated carbocycles. The van der Waals surface area contributed by atoms with E-state index in [1.165, 1.54) is 21.3 Å². The SMILES string of the molecule is CCC(C(=O)NCC(C)C)N(Cc1ccc(F)cc1)C(=O)CCCN(c1ccc(C)cc1)S(C)(=O)=O. The molecular formula is C27H38FN3O4S. The molecule has 0 aliphatic rings. The van der Waals surface area contributed by atoms with Gasteiger partial charge in [0.2, 0.25) is 21.8 Å². The van der Waals surface area contributed by atoms with Crippen molar-refractivity contribution in [1.29, 1.82) is 0 Å². The summed E-state index contributed by atoms with van der Waals surface area (Å²) in [5.41, 5.74) is 2.26. The zero-order valence-corrected chi connectivity index (χ0v) is 22.6. The molecule has 0 fully saturated rings. The minimum atomic E-state index is -3.54. The second-order valence-electron chi connectivity index (χ2n) is 9.49. The molecule has 0 radical (unpaired) electrons. The van der Waals surface area contributed by atoms with E-state index < -0.39 is 16.1 Å². The van der Waals surface area contributed by atoms with Gasteiger partial charge in [-0.25, -0.2) is 12.8 Å². The quantitative estimate of drug-likeness (QED) is 0.428. The second kappa shape index (κ2) is 13.4. The van der Waals surface area contributed by atoms with Crippen LogP contribution in [0.25, 0.3) is 0 Å². The summed E-state index contributed by atoms with van der Waals surface area (Å²) in [6.45, 7) is 8.52. The molecule has 0 aliphatic heterocycles. The first-order chi connectivity index (χ1) is 16.9. The highest BCUT2D eigenvalue weighted by Gasteiger charge is 2.29. The zero-order chi connectivity index (χ0) is 26.9. The number of nitrogens with zero attached hydrogens (tertiary/aromatic N) is 2. The van der Waals surface area contributed by atoms with E-state index >= 15 is 0 Å². The molecule has 1 N–H and O–H groups in total. The lowest BCUT2D eigenvalue weighted by Crippen LogP contribution is -2.49. The van der Waals surface area contributed by atoms with Crippen LogP contribution in [0.5, 0.6) is 0 Å². The molecule has 0 aromatic heterocycles. The van der Waals surface area contributed by atoms with Crippen LogP contribution < -0.4 is 9.62 Å². The highest BCUT2D eigenvalue weighted by molar-refractivity contribution is 7.92. The summed E-state index contributed by atoms with van der Waals surface area (Å²) in [5.74, 6) is -0.617. The lowest BCUT2D eigenvalue weighted by molar-refractivity contribution is -0.141. The summed E-state index contributed by atoms with van der Waals surface area (Å²) >= 11 is 0. The predicted molar refractivity (Wildman–Crippen MR) is 141 cm³/mol. The van der Waals surface area contributed by atoms with Crippen molar-refractivity contribution in [2.45, 2.75) is 59.5 Å². The summed E-state index contributed by atoms with van der Waals surface area (Å²) in [5, 5.41) is 2.90. The van der Waals surface area contributed by atoms with E-state index in [9.17, 15) is 22.4 Å². The second-order valence-corrected chi connectivity index (χ2v) is 11.4. The molecule has 7 nitrogen and oxygen atoms in total. The van der Waals surface area contributed by atoms with E-state index in [0.29, 0.717) is 24.2 Å². The number of amides is 2. The van der Waals surface area contributed by atoms with Gasteiger partial charge in [0.1, 0.15) is 11.9 Å². The summed E-state index contributed by atoms with van der Waals surface area (Å²) < 4.78 is 39.5. The third-order valence-corrected chi connectivity index (χ3v) is 7.00. The number of carbonyl (C=O) groups excluding carboxylic acids is 2. The number of carbonyl (C=O) groups is 2. The molecule has 2 aromatic rings. The molecule has 2 aromatic carbocycles. The van der Waals surface area contributed by atoms with Gasteiger partial charge in [-0.1, -0.05) is 50.6 Å². The molecule has 0 spiro atoms. The number of aryl methyl sites for hydroxylation is 1. The van der Waals surface area contributed by atoms with E-state index in [-0.39, 0.29) is 49.5 Å². The van der Waals surface area contributed by atoms with Crippen molar-refractivity contribution in [3.05, 3.63) is 65.5 Å². The Kier molecular flexibility index (Phi) is 10.9. The van der Waals surface area contributed by atoms with Crippen LogP contribution in [-0.4, -0.2) is 50.5 Å². The number of rotatable bonds is 13. The molecule has 9 heteroatoms. The van der Waals surface area contributed by atoms with Gasteiger partial charge in [-0.05, 0) is 55.5 Å². The molecular weight excluding hydrogens is 481 g/mol. The Balaban J connectivity index is 2.19. The monoisotopic (exact) mass is 519 g/mol. The van der Waals surface area contributed by atoms with E-state index in [1.807, 2.05) is 39.8 Å². The largest absolute Gasteiger partial charge is 0.354 e. The van der Waals surface area contributed by atoms with Gasteiger partial charge < -0.3 is 10.2 Å². The maximum atomic E-state index is 13.4. The summed E-state index contributed by atoms with van der Waals surface area (Å²) in [4.78, 5) is 27.8. The highest BCUT2D eigenvalue weighted by atomic mass is 32.2. The summed E-state index contributed by atoms with van der Waals surface area (Å²) in [6.07, 6.45) is 1.90. The third-order valence-electron chi connectivity index (χ3n) is 5.81. The maximum absolute atomic E-state index is 13.4. The van der Waals surface area contributed by atoms with Crippen molar-refractivity contribution in [3.8, 4) is 0 Å². The molecule has 0 heterocycles. The van der Waals surface area contributed by atoms with Crippen molar-refractivity contribution >= 4 is 27.5 Å². The molecule has 0 saturated heterocycles. The number of anilines is 1. The standard InChI is InChI=1S/C27H38FN3O4S/c1-6-25(27(33)29-18-20(2)3)30(19-22-11-13-23(28)14-12-22)26(32)8-7-17-31(36(5,34)35)24-15-9-21(4)10-16-24/h9-16,20,25H,6-8,17-19H2,1-5H3,(H,29,33). The average Bonchev–Trinajstić information content (AvgIpc) is 2.81. The number of nitrogens with one attached hydrogen (secondary N) is 1. The van der Waals surface area contributed by atoms with Crippen LogP contribution in [0.15, 0.2) is 48.5 Å². The molecule has 0 bridgehead atoms.